The Morgan fingerprint density at radius 3 is 2.80 bits per heavy atom. The molecule has 2 rings (SSSR count). The summed E-state index contributed by atoms with van der Waals surface area (Å²) in [6.45, 7) is 2.88. The maximum atomic E-state index is 12.4. The molecule has 2 aromatic rings. The third-order valence-electron chi connectivity index (χ3n) is 2.85. The van der Waals surface area contributed by atoms with E-state index in [9.17, 15) is 8.42 Å². The molecule has 0 atom stereocenters. The van der Waals surface area contributed by atoms with Crippen LogP contribution in [0.2, 0.25) is 0 Å². The lowest BCUT2D eigenvalue weighted by Crippen LogP contribution is -2.26. The predicted octanol–water partition coefficient (Wildman–Crippen LogP) is 0.564. The predicted molar refractivity (Wildman–Crippen MR) is 73.4 cm³/mol. The second kappa shape index (κ2) is 5.78. The molecule has 2 aromatic heterocycles. The first-order chi connectivity index (χ1) is 9.43. The molecule has 0 amide bonds. The van der Waals surface area contributed by atoms with Gasteiger partial charge in [-0.2, -0.15) is 9.40 Å². The highest BCUT2D eigenvalue weighted by atomic mass is 32.2. The SMILES string of the molecule is Cc1ccc(CN(C)S(=O)(=O)c2cnn(CCN)c2)o1. The lowest BCUT2D eigenvalue weighted by Gasteiger charge is -2.14. The molecule has 0 aromatic carbocycles. The van der Waals surface area contributed by atoms with E-state index in [4.69, 9.17) is 10.2 Å². The second-order valence-electron chi connectivity index (χ2n) is 4.50. The van der Waals surface area contributed by atoms with Crippen molar-refractivity contribution in [2.75, 3.05) is 13.6 Å². The first kappa shape index (κ1) is 14.8. The number of sulfonamides is 1. The monoisotopic (exact) mass is 298 g/mol. The summed E-state index contributed by atoms with van der Waals surface area (Å²) in [6, 6.07) is 3.56. The van der Waals surface area contributed by atoms with Gasteiger partial charge in [-0.1, -0.05) is 0 Å². The fourth-order valence-electron chi connectivity index (χ4n) is 1.79. The molecule has 0 aliphatic carbocycles. The van der Waals surface area contributed by atoms with Gasteiger partial charge in [0.1, 0.15) is 16.4 Å². The highest BCUT2D eigenvalue weighted by molar-refractivity contribution is 7.89. The highest BCUT2D eigenvalue weighted by Gasteiger charge is 2.23. The van der Waals surface area contributed by atoms with E-state index in [1.807, 2.05) is 6.92 Å². The zero-order chi connectivity index (χ0) is 14.8. The highest BCUT2D eigenvalue weighted by Crippen LogP contribution is 2.17. The normalized spacial score (nSPS) is 12.2. The Morgan fingerprint density at radius 1 is 1.45 bits per heavy atom. The van der Waals surface area contributed by atoms with Gasteiger partial charge in [0, 0.05) is 19.8 Å². The number of hydrogen-bond donors (Lipinski definition) is 1. The third kappa shape index (κ3) is 3.09. The fourth-order valence-corrected chi connectivity index (χ4v) is 2.88. The number of rotatable bonds is 6. The van der Waals surface area contributed by atoms with Crippen LogP contribution in [-0.2, 0) is 23.1 Å². The van der Waals surface area contributed by atoms with Crippen LogP contribution in [0.5, 0.6) is 0 Å². The van der Waals surface area contributed by atoms with Crippen molar-refractivity contribution in [3.8, 4) is 0 Å². The summed E-state index contributed by atoms with van der Waals surface area (Å²) < 4.78 is 32.8. The minimum atomic E-state index is -3.58. The van der Waals surface area contributed by atoms with Crippen LogP contribution in [0.25, 0.3) is 0 Å². The van der Waals surface area contributed by atoms with Gasteiger partial charge in [0.05, 0.1) is 19.3 Å². The first-order valence-corrected chi connectivity index (χ1v) is 7.61. The van der Waals surface area contributed by atoms with Crippen LogP contribution in [0.4, 0.5) is 0 Å². The molecule has 0 saturated carbocycles. The average molecular weight is 298 g/mol. The van der Waals surface area contributed by atoms with Crippen molar-refractivity contribution in [2.45, 2.75) is 24.9 Å². The van der Waals surface area contributed by atoms with E-state index in [1.165, 1.54) is 28.4 Å². The molecule has 0 spiro atoms. The Bertz CT molecular complexity index is 674. The van der Waals surface area contributed by atoms with E-state index >= 15 is 0 Å². The first-order valence-electron chi connectivity index (χ1n) is 6.17. The summed E-state index contributed by atoms with van der Waals surface area (Å²) in [4.78, 5) is 0.150. The van der Waals surface area contributed by atoms with E-state index in [2.05, 4.69) is 5.10 Å². The lowest BCUT2D eigenvalue weighted by atomic mass is 10.4. The van der Waals surface area contributed by atoms with Gasteiger partial charge in [-0.05, 0) is 19.1 Å². The van der Waals surface area contributed by atoms with Crippen molar-refractivity contribution < 1.29 is 12.8 Å². The standard InChI is InChI=1S/C12H18N4O3S/c1-10-3-4-11(19-10)8-15(2)20(17,18)12-7-14-16(9-12)6-5-13/h3-4,7,9H,5-6,8,13H2,1-2H3. The van der Waals surface area contributed by atoms with Crippen molar-refractivity contribution in [1.29, 1.82) is 0 Å². The quantitative estimate of drug-likeness (QED) is 0.841. The second-order valence-corrected chi connectivity index (χ2v) is 6.55. The van der Waals surface area contributed by atoms with Crippen molar-refractivity contribution >= 4 is 10.0 Å². The van der Waals surface area contributed by atoms with Crippen LogP contribution >= 0.6 is 0 Å². The maximum Gasteiger partial charge on any atom is 0.246 e. The van der Waals surface area contributed by atoms with Crippen molar-refractivity contribution in [3.05, 3.63) is 36.0 Å². The van der Waals surface area contributed by atoms with Crippen LogP contribution in [0.15, 0.2) is 33.8 Å². The summed E-state index contributed by atoms with van der Waals surface area (Å²) >= 11 is 0. The molecule has 0 saturated heterocycles. The number of hydrogen-bond acceptors (Lipinski definition) is 5. The maximum absolute atomic E-state index is 12.4. The van der Waals surface area contributed by atoms with E-state index in [1.54, 1.807) is 12.1 Å². The number of furan rings is 1. The van der Waals surface area contributed by atoms with Gasteiger partial charge in [0.2, 0.25) is 10.0 Å². The summed E-state index contributed by atoms with van der Waals surface area (Å²) in [6.07, 6.45) is 2.81. The van der Waals surface area contributed by atoms with Crippen molar-refractivity contribution in [3.63, 3.8) is 0 Å². The molecular weight excluding hydrogens is 280 g/mol. The van der Waals surface area contributed by atoms with E-state index in [0.717, 1.165) is 5.76 Å². The number of nitrogens with zero attached hydrogens (tertiary/aromatic N) is 3. The van der Waals surface area contributed by atoms with Crippen molar-refractivity contribution in [1.82, 2.24) is 14.1 Å². The van der Waals surface area contributed by atoms with Crippen LogP contribution in [-0.4, -0.2) is 36.1 Å². The van der Waals surface area contributed by atoms with Gasteiger partial charge in [-0.3, -0.25) is 4.68 Å². The van der Waals surface area contributed by atoms with Crippen LogP contribution < -0.4 is 5.73 Å². The summed E-state index contributed by atoms with van der Waals surface area (Å²) in [5, 5.41) is 3.97. The fraction of sp³-hybridized carbons (Fsp3) is 0.417. The molecule has 7 nitrogen and oxygen atoms in total. The Labute approximate surface area is 118 Å². The Hall–Kier alpha value is -1.64. The van der Waals surface area contributed by atoms with Crippen LogP contribution in [0, 0.1) is 6.92 Å². The molecule has 8 heteroatoms. The van der Waals surface area contributed by atoms with E-state index < -0.39 is 10.0 Å². The van der Waals surface area contributed by atoms with Gasteiger partial charge < -0.3 is 10.2 Å². The minimum Gasteiger partial charge on any atom is -0.465 e. The molecule has 2 N–H and O–H groups in total. The Kier molecular flexibility index (Phi) is 4.26. The molecule has 0 fully saturated rings. The lowest BCUT2D eigenvalue weighted by molar-refractivity contribution is 0.397. The van der Waals surface area contributed by atoms with Crippen LogP contribution in [0.3, 0.4) is 0 Å². The average Bonchev–Trinajstić information content (AvgIpc) is 2.99. The van der Waals surface area contributed by atoms with E-state index in [0.29, 0.717) is 18.8 Å². The van der Waals surface area contributed by atoms with Gasteiger partial charge in [-0.15, -0.1) is 0 Å². The molecule has 2 heterocycles. The number of aromatic nitrogens is 2. The molecule has 20 heavy (non-hydrogen) atoms. The molecular formula is C12H18N4O3S. The van der Waals surface area contributed by atoms with Gasteiger partial charge in [0.15, 0.2) is 0 Å². The smallest absolute Gasteiger partial charge is 0.246 e. The number of nitrogens with two attached hydrogens (primary N) is 1. The molecule has 110 valence electrons. The van der Waals surface area contributed by atoms with Crippen LogP contribution in [0.1, 0.15) is 11.5 Å². The van der Waals surface area contributed by atoms with Gasteiger partial charge >= 0.3 is 0 Å². The topological polar surface area (TPSA) is 94.4 Å². The zero-order valence-electron chi connectivity index (χ0n) is 11.5. The summed E-state index contributed by atoms with van der Waals surface area (Å²) in [5.41, 5.74) is 5.41. The van der Waals surface area contributed by atoms with Gasteiger partial charge in [0.25, 0.3) is 0 Å². The Balaban J connectivity index is 2.15. The Morgan fingerprint density at radius 2 is 2.20 bits per heavy atom. The summed E-state index contributed by atoms with van der Waals surface area (Å²) in [5.74, 6) is 1.35. The van der Waals surface area contributed by atoms with Crippen molar-refractivity contribution in [2.24, 2.45) is 5.73 Å². The van der Waals surface area contributed by atoms with E-state index in [-0.39, 0.29) is 11.4 Å². The molecule has 0 aliphatic heterocycles. The summed E-state index contributed by atoms with van der Waals surface area (Å²) in [7, 11) is -2.07. The van der Waals surface area contributed by atoms with Gasteiger partial charge in [-0.25, -0.2) is 8.42 Å². The molecule has 0 unspecified atom stereocenters. The zero-order valence-corrected chi connectivity index (χ0v) is 12.3. The molecule has 0 bridgehead atoms. The largest absolute Gasteiger partial charge is 0.465 e. The number of aryl methyl sites for hydroxylation is 1. The molecule has 0 radical (unpaired) electrons. The third-order valence-corrected chi connectivity index (χ3v) is 4.61. The molecule has 0 aliphatic rings. The minimum absolute atomic E-state index is 0.150.